The molecule has 150 valence electrons. The van der Waals surface area contributed by atoms with E-state index in [1.807, 2.05) is 13.0 Å². The number of carbonyl (C=O) groups is 1. The molecule has 0 unspecified atom stereocenters. The van der Waals surface area contributed by atoms with Crippen LogP contribution in [0.2, 0.25) is 0 Å². The second-order valence-electron chi connectivity index (χ2n) is 7.68. The van der Waals surface area contributed by atoms with Gasteiger partial charge in [0.1, 0.15) is 5.69 Å². The quantitative estimate of drug-likeness (QED) is 0.771. The predicted octanol–water partition coefficient (Wildman–Crippen LogP) is 2.42. The maximum atomic E-state index is 13.1. The number of amides is 1. The van der Waals surface area contributed by atoms with Crippen LogP contribution in [0.25, 0.3) is 0 Å². The van der Waals surface area contributed by atoms with Gasteiger partial charge in [-0.3, -0.25) is 9.89 Å². The molecule has 8 heteroatoms. The summed E-state index contributed by atoms with van der Waals surface area (Å²) in [6.07, 6.45) is 5.27. The summed E-state index contributed by atoms with van der Waals surface area (Å²) in [6, 6.07) is 7.01. The summed E-state index contributed by atoms with van der Waals surface area (Å²) in [5, 5.41) is 6.54. The number of carbonyl (C=O) groups excluding carboxylic acids is 1. The Bertz CT molecular complexity index is 952. The van der Waals surface area contributed by atoms with E-state index in [9.17, 15) is 13.2 Å². The fraction of sp³-hybridized carbons (Fsp3) is 0.500. The molecule has 1 aromatic heterocycles. The lowest BCUT2D eigenvalue weighted by Crippen LogP contribution is -2.37. The molecule has 1 amide bonds. The summed E-state index contributed by atoms with van der Waals surface area (Å²) in [7, 11) is -3.48. The molecular formula is C20H26N4O3S. The average Bonchev–Trinajstić information content (AvgIpc) is 3.35. The molecular weight excluding hydrogens is 376 g/mol. The Hall–Kier alpha value is -2.19. The van der Waals surface area contributed by atoms with E-state index in [2.05, 4.69) is 10.2 Å². The minimum absolute atomic E-state index is 0.0848. The second-order valence-corrected chi connectivity index (χ2v) is 9.62. The number of fused-ring (bicyclic) bond motifs is 1. The van der Waals surface area contributed by atoms with Gasteiger partial charge in [-0.25, -0.2) is 8.42 Å². The van der Waals surface area contributed by atoms with Crippen LogP contribution in [0.3, 0.4) is 0 Å². The van der Waals surface area contributed by atoms with E-state index < -0.39 is 10.0 Å². The summed E-state index contributed by atoms with van der Waals surface area (Å²) in [6.45, 7) is 4.24. The highest BCUT2D eigenvalue weighted by molar-refractivity contribution is 7.89. The van der Waals surface area contributed by atoms with Crippen molar-refractivity contribution in [2.75, 3.05) is 19.6 Å². The van der Waals surface area contributed by atoms with Crippen molar-refractivity contribution in [1.82, 2.24) is 19.4 Å². The Balaban J connectivity index is 1.53. The minimum atomic E-state index is -3.48. The first kappa shape index (κ1) is 19.1. The average molecular weight is 403 g/mol. The molecule has 0 saturated heterocycles. The lowest BCUT2D eigenvalue weighted by Gasteiger charge is -2.29. The number of nitrogens with one attached hydrogen (secondary N) is 1. The number of sulfonamides is 1. The van der Waals surface area contributed by atoms with Gasteiger partial charge in [0.15, 0.2) is 0 Å². The van der Waals surface area contributed by atoms with Gasteiger partial charge in [-0.15, -0.1) is 0 Å². The lowest BCUT2D eigenvalue weighted by molar-refractivity contribution is 0.0728. The zero-order valence-electron chi connectivity index (χ0n) is 16.1. The molecule has 4 rings (SSSR count). The number of benzene rings is 1. The fourth-order valence-electron chi connectivity index (χ4n) is 3.70. The molecule has 0 spiro atoms. The molecule has 2 aliphatic rings. The van der Waals surface area contributed by atoms with Crippen molar-refractivity contribution >= 4 is 15.9 Å². The molecule has 0 bridgehead atoms. The van der Waals surface area contributed by atoms with Gasteiger partial charge in [0.25, 0.3) is 5.91 Å². The smallest absolute Gasteiger partial charge is 0.272 e. The maximum absolute atomic E-state index is 13.1. The lowest BCUT2D eigenvalue weighted by atomic mass is 9.99. The van der Waals surface area contributed by atoms with Crippen molar-refractivity contribution in [3.8, 4) is 0 Å². The highest BCUT2D eigenvalue weighted by Crippen LogP contribution is 2.32. The minimum Gasteiger partial charge on any atom is -0.333 e. The van der Waals surface area contributed by atoms with Crippen LogP contribution in [0.5, 0.6) is 0 Å². The van der Waals surface area contributed by atoms with E-state index in [-0.39, 0.29) is 5.91 Å². The van der Waals surface area contributed by atoms with E-state index >= 15 is 0 Å². The third kappa shape index (κ3) is 3.84. The second kappa shape index (κ2) is 7.67. The number of H-pyrrole nitrogens is 1. The number of aromatic amines is 1. The summed E-state index contributed by atoms with van der Waals surface area (Å²) in [5.74, 6) is 0.430. The Morgan fingerprint density at radius 1 is 1.29 bits per heavy atom. The van der Waals surface area contributed by atoms with Gasteiger partial charge in [-0.2, -0.15) is 9.40 Å². The van der Waals surface area contributed by atoms with Crippen LogP contribution in [0.1, 0.15) is 47.8 Å². The van der Waals surface area contributed by atoms with Crippen LogP contribution in [0.15, 0.2) is 35.4 Å². The summed E-state index contributed by atoms with van der Waals surface area (Å²) < 4.78 is 27.9. The third-order valence-electron chi connectivity index (χ3n) is 5.48. The van der Waals surface area contributed by atoms with Crippen LogP contribution in [0.4, 0.5) is 0 Å². The largest absolute Gasteiger partial charge is 0.333 e. The van der Waals surface area contributed by atoms with Crippen molar-refractivity contribution < 1.29 is 13.2 Å². The van der Waals surface area contributed by atoms with Crippen LogP contribution in [-0.2, 0) is 23.0 Å². The monoisotopic (exact) mass is 402 g/mol. The Morgan fingerprint density at radius 2 is 2.11 bits per heavy atom. The molecule has 1 N–H and O–H groups in total. The Labute approximate surface area is 165 Å². The van der Waals surface area contributed by atoms with Crippen molar-refractivity contribution in [2.45, 2.75) is 44.0 Å². The van der Waals surface area contributed by atoms with Gasteiger partial charge in [0.2, 0.25) is 10.0 Å². The number of nitrogens with zero attached hydrogens (tertiary/aromatic N) is 3. The highest BCUT2D eigenvalue weighted by Gasteiger charge is 2.32. The van der Waals surface area contributed by atoms with Crippen LogP contribution in [-0.4, -0.2) is 53.4 Å². The molecule has 2 aromatic rings. The van der Waals surface area contributed by atoms with Crippen molar-refractivity contribution in [3.05, 3.63) is 47.3 Å². The predicted molar refractivity (Wildman–Crippen MR) is 105 cm³/mol. The topological polar surface area (TPSA) is 86.4 Å². The van der Waals surface area contributed by atoms with E-state index in [1.54, 1.807) is 33.6 Å². The molecule has 28 heavy (non-hydrogen) atoms. The van der Waals surface area contributed by atoms with Gasteiger partial charge in [-0.1, -0.05) is 13.0 Å². The van der Waals surface area contributed by atoms with Crippen LogP contribution < -0.4 is 0 Å². The summed E-state index contributed by atoms with van der Waals surface area (Å²) in [5.41, 5.74) is 2.48. The molecule has 1 aliphatic carbocycles. The molecule has 0 atom stereocenters. The SMILES string of the molecule is CCCN(CC1CC1)S(=O)(=O)c1ccc2c(c1)CCN(C(=O)c1ccn[nH]1)C2. The maximum Gasteiger partial charge on any atom is 0.272 e. The van der Waals surface area contributed by atoms with Gasteiger partial charge in [0.05, 0.1) is 4.90 Å². The first-order valence-corrected chi connectivity index (χ1v) is 11.3. The zero-order valence-corrected chi connectivity index (χ0v) is 16.9. The first-order valence-electron chi connectivity index (χ1n) is 9.89. The number of hydrogen-bond donors (Lipinski definition) is 1. The molecule has 2 heterocycles. The van der Waals surface area contributed by atoms with E-state index in [4.69, 9.17) is 0 Å². The fourth-order valence-corrected chi connectivity index (χ4v) is 5.36. The summed E-state index contributed by atoms with van der Waals surface area (Å²) >= 11 is 0. The molecule has 0 radical (unpaired) electrons. The molecule has 1 fully saturated rings. The molecule has 1 saturated carbocycles. The molecule has 7 nitrogen and oxygen atoms in total. The van der Waals surface area contributed by atoms with E-state index in [1.165, 1.54) is 0 Å². The molecule has 1 aliphatic heterocycles. The molecule has 1 aromatic carbocycles. The zero-order chi connectivity index (χ0) is 19.7. The van der Waals surface area contributed by atoms with Gasteiger partial charge < -0.3 is 4.90 Å². The van der Waals surface area contributed by atoms with Gasteiger partial charge >= 0.3 is 0 Å². The first-order chi connectivity index (χ1) is 13.5. The van der Waals surface area contributed by atoms with E-state index in [0.29, 0.717) is 49.1 Å². The highest BCUT2D eigenvalue weighted by atomic mass is 32.2. The van der Waals surface area contributed by atoms with Crippen molar-refractivity contribution in [2.24, 2.45) is 5.92 Å². The Kier molecular flexibility index (Phi) is 5.25. The van der Waals surface area contributed by atoms with Gasteiger partial charge in [0, 0.05) is 32.4 Å². The van der Waals surface area contributed by atoms with Crippen molar-refractivity contribution in [1.29, 1.82) is 0 Å². The standard InChI is InChI=1S/C20H26N4O3S/c1-2-10-24(13-15-3-4-15)28(26,27)18-6-5-17-14-23(11-8-16(17)12-18)20(25)19-7-9-21-22-19/h5-7,9,12,15H,2-4,8,10-11,13-14H2,1H3,(H,21,22). The van der Waals surface area contributed by atoms with Crippen LogP contribution in [0, 0.1) is 5.92 Å². The van der Waals surface area contributed by atoms with Crippen LogP contribution >= 0.6 is 0 Å². The van der Waals surface area contributed by atoms with Crippen molar-refractivity contribution in [3.63, 3.8) is 0 Å². The van der Waals surface area contributed by atoms with Gasteiger partial charge in [-0.05, 0) is 60.9 Å². The Morgan fingerprint density at radius 3 is 2.79 bits per heavy atom. The third-order valence-corrected chi connectivity index (χ3v) is 7.34. The number of aromatic nitrogens is 2. The van der Waals surface area contributed by atoms with E-state index in [0.717, 1.165) is 30.4 Å². The number of rotatable bonds is 7. The number of hydrogen-bond acceptors (Lipinski definition) is 4. The summed E-state index contributed by atoms with van der Waals surface area (Å²) in [4.78, 5) is 14.7. The normalized spacial score (nSPS) is 17.0.